The SMILES string of the molecule is C[C@H]1NS(=O)(=O)c2ccc(-c3c[nH]c4cc(F)ccc34)cc21. The summed E-state index contributed by atoms with van der Waals surface area (Å²) >= 11 is 0. The van der Waals surface area contributed by atoms with Crippen LogP contribution in [-0.4, -0.2) is 13.4 Å². The first kappa shape index (κ1) is 13.5. The van der Waals surface area contributed by atoms with Crippen LogP contribution in [0.2, 0.25) is 0 Å². The Labute approximate surface area is 127 Å². The molecule has 0 aliphatic carbocycles. The molecule has 0 bridgehead atoms. The number of halogens is 1. The Kier molecular flexibility index (Phi) is 2.70. The van der Waals surface area contributed by atoms with Crippen molar-refractivity contribution in [1.82, 2.24) is 9.71 Å². The molecule has 0 saturated carbocycles. The molecule has 2 N–H and O–H groups in total. The molecule has 3 aromatic rings. The third-order valence-corrected chi connectivity index (χ3v) is 5.67. The number of H-pyrrole nitrogens is 1. The number of nitrogens with one attached hydrogen (secondary N) is 2. The zero-order valence-electron chi connectivity index (χ0n) is 11.7. The largest absolute Gasteiger partial charge is 0.360 e. The number of benzene rings is 2. The Morgan fingerprint density at radius 3 is 2.77 bits per heavy atom. The van der Waals surface area contributed by atoms with Crippen LogP contribution in [0.3, 0.4) is 0 Å². The molecule has 0 unspecified atom stereocenters. The minimum absolute atomic E-state index is 0.248. The minimum Gasteiger partial charge on any atom is -0.360 e. The van der Waals surface area contributed by atoms with E-state index in [-0.39, 0.29) is 11.9 Å². The second kappa shape index (κ2) is 4.41. The van der Waals surface area contributed by atoms with Gasteiger partial charge in [-0.1, -0.05) is 6.07 Å². The number of sulfonamides is 1. The summed E-state index contributed by atoms with van der Waals surface area (Å²) in [5.74, 6) is -0.293. The summed E-state index contributed by atoms with van der Waals surface area (Å²) in [4.78, 5) is 3.38. The molecule has 22 heavy (non-hydrogen) atoms. The van der Waals surface area contributed by atoms with Gasteiger partial charge in [0, 0.05) is 28.7 Å². The van der Waals surface area contributed by atoms with Crippen LogP contribution in [0.4, 0.5) is 4.39 Å². The van der Waals surface area contributed by atoms with Gasteiger partial charge in [-0.15, -0.1) is 0 Å². The quantitative estimate of drug-likeness (QED) is 0.723. The molecule has 0 spiro atoms. The van der Waals surface area contributed by atoms with Crippen LogP contribution >= 0.6 is 0 Å². The van der Waals surface area contributed by atoms with E-state index in [9.17, 15) is 12.8 Å². The average Bonchev–Trinajstić information content (AvgIpc) is 2.97. The fraction of sp³-hybridized carbons (Fsp3) is 0.125. The minimum atomic E-state index is -3.40. The lowest BCUT2D eigenvalue weighted by Gasteiger charge is -2.05. The first-order valence-electron chi connectivity index (χ1n) is 6.89. The third-order valence-electron chi connectivity index (χ3n) is 4.05. The van der Waals surface area contributed by atoms with Gasteiger partial charge in [-0.25, -0.2) is 17.5 Å². The molecule has 2 heterocycles. The van der Waals surface area contributed by atoms with Crippen LogP contribution in [0.1, 0.15) is 18.5 Å². The number of aromatic nitrogens is 1. The van der Waals surface area contributed by atoms with Crippen molar-refractivity contribution < 1.29 is 12.8 Å². The summed E-state index contributed by atoms with van der Waals surface area (Å²) < 4.78 is 39.8. The maximum atomic E-state index is 13.3. The van der Waals surface area contributed by atoms with E-state index >= 15 is 0 Å². The van der Waals surface area contributed by atoms with Gasteiger partial charge in [0.05, 0.1) is 4.90 Å². The van der Waals surface area contributed by atoms with E-state index in [1.165, 1.54) is 12.1 Å². The smallest absolute Gasteiger partial charge is 0.241 e. The molecule has 0 radical (unpaired) electrons. The van der Waals surface area contributed by atoms with Gasteiger partial charge in [-0.2, -0.15) is 0 Å². The van der Waals surface area contributed by atoms with Crippen molar-refractivity contribution in [2.24, 2.45) is 0 Å². The summed E-state index contributed by atoms with van der Waals surface area (Å²) in [5, 5.41) is 0.905. The monoisotopic (exact) mass is 316 g/mol. The highest BCUT2D eigenvalue weighted by molar-refractivity contribution is 7.89. The first-order valence-corrected chi connectivity index (χ1v) is 8.37. The van der Waals surface area contributed by atoms with E-state index in [2.05, 4.69) is 9.71 Å². The maximum absolute atomic E-state index is 13.3. The lowest BCUT2D eigenvalue weighted by atomic mass is 10.00. The van der Waals surface area contributed by atoms with E-state index in [4.69, 9.17) is 0 Å². The first-order chi connectivity index (χ1) is 10.5. The molecule has 2 aromatic carbocycles. The number of rotatable bonds is 1. The average molecular weight is 316 g/mol. The molecule has 6 heteroatoms. The van der Waals surface area contributed by atoms with Crippen molar-refractivity contribution in [3.8, 4) is 11.1 Å². The number of hydrogen-bond donors (Lipinski definition) is 2. The van der Waals surface area contributed by atoms with E-state index in [0.717, 1.165) is 22.1 Å². The van der Waals surface area contributed by atoms with Crippen molar-refractivity contribution in [2.45, 2.75) is 17.9 Å². The van der Waals surface area contributed by atoms with E-state index in [1.54, 1.807) is 18.2 Å². The molecule has 1 aromatic heterocycles. The van der Waals surface area contributed by atoms with Crippen LogP contribution < -0.4 is 4.72 Å². The van der Waals surface area contributed by atoms with Crippen molar-refractivity contribution >= 4 is 20.9 Å². The number of aromatic amines is 1. The number of hydrogen-bond acceptors (Lipinski definition) is 2. The molecule has 0 saturated heterocycles. The molecule has 4 nitrogen and oxygen atoms in total. The highest BCUT2D eigenvalue weighted by atomic mass is 32.2. The van der Waals surface area contributed by atoms with Crippen LogP contribution in [-0.2, 0) is 10.0 Å². The van der Waals surface area contributed by atoms with E-state index in [1.807, 2.05) is 19.2 Å². The molecule has 0 amide bonds. The van der Waals surface area contributed by atoms with Crippen LogP contribution in [0, 0.1) is 5.82 Å². The Bertz CT molecular complexity index is 1010. The van der Waals surface area contributed by atoms with Crippen LogP contribution in [0.5, 0.6) is 0 Å². The van der Waals surface area contributed by atoms with Gasteiger partial charge in [0.1, 0.15) is 5.82 Å². The lowest BCUT2D eigenvalue weighted by molar-refractivity contribution is 0.582. The van der Waals surface area contributed by atoms with Crippen LogP contribution in [0.25, 0.3) is 22.0 Å². The predicted molar refractivity (Wildman–Crippen MR) is 82.4 cm³/mol. The second-order valence-corrected chi connectivity index (χ2v) is 7.17. The normalized spacial score (nSPS) is 19.5. The molecule has 0 fully saturated rings. The molecule has 1 aliphatic heterocycles. The van der Waals surface area contributed by atoms with Crippen LogP contribution in [0.15, 0.2) is 47.5 Å². The summed E-state index contributed by atoms with van der Waals surface area (Å²) in [6, 6.07) is 9.62. The summed E-state index contributed by atoms with van der Waals surface area (Å²) in [6.07, 6.45) is 1.81. The fourth-order valence-corrected chi connectivity index (χ4v) is 4.51. The Morgan fingerprint density at radius 1 is 1.14 bits per heavy atom. The van der Waals surface area contributed by atoms with Crippen molar-refractivity contribution in [1.29, 1.82) is 0 Å². The molecule has 1 atom stereocenters. The van der Waals surface area contributed by atoms with E-state index in [0.29, 0.717) is 10.4 Å². The molecule has 1 aliphatic rings. The lowest BCUT2D eigenvalue weighted by Crippen LogP contribution is -2.17. The molecule has 112 valence electrons. The topological polar surface area (TPSA) is 62.0 Å². The Hall–Kier alpha value is -2.18. The zero-order valence-corrected chi connectivity index (χ0v) is 12.5. The van der Waals surface area contributed by atoms with Gasteiger partial charge in [0.2, 0.25) is 10.0 Å². The molecule has 4 rings (SSSR count). The van der Waals surface area contributed by atoms with E-state index < -0.39 is 10.0 Å². The van der Waals surface area contributed by atoms with Gasteiger partial charge >= 0.3 is 0 Å². The Balaban J connectivity index is 1.92. The summed E-state index contributed by atoms with van der Waals surface area (Å²) in [5.41, 5.74) is 3.31. The van der Waals surface area contributed by atoms with Crippen molar-refractivity contribution in [3.63, 3.8) is 0 Å². The highest BCUT2D eigenvalue weighted by Crippen LogP contribution is 2.36. The predicted octanol–water partition coefficient (Wildman–Crippen LogP) is 3.33. The third kappa shape index (κ3) is 1.88. The van der Waals surface area contributed by atoms with Gasteiger partial charge in [-0.05, 0) is 48.4 Å². The van der Waals surface area contributed by atoms with Gasteiger partial charge in [0.25, 0.3) is 0 Å². The summed E-state index contributed by atoms with van der Waals surface area (Å²) in [7, 11) is -3.40. The van der Waals surface area contributed by atoms with Gasteiger partial charge in [0.15, 0.2) is 0 Å². The fourth-order valence-electron chi connectivity index (χ4n) is 3.00. The molecular formula is C16H13FN2O2S. The highest BCUT2D eigenvalue weighted by Gasteiger charge is 2.31. The second-order valence-electron chi connectivity index (χ2n) is 5.49. The standard InChI is InChI=1S/C16H13FN2O2S/c1-9-13-6-10(2-5-16(13)22(20,21)19-9)14-8-18-15-7-11(17)3-4-12(14)15/h2-9,18-19H,1H3/t9-/m1/s1. The molecular weight excluding hydrogens is 303 g/mol. The maximum Gasteiger partial charge on any atom is 0.241 e. The van der Waals surface area contributed by atoms with Crippen molar-refractivity contribution in [3.05, 3.63) is 54.0 Å². The van der Waals surface area contributed by atoms with Gasteiger partial charge in [-0.3, -0.25) is 0 Å². The Morgan fingerprint density at radius 2 is 1.95 bits per heavy atom. The van der Waals surface area contributed by atoms with Crippen molar-refractivity contribution in [2.75, 3.05) is 0 Å². The zero-order chi connectivity index (χ0) is 15.5. The number of fused-ring (bicyclic) bond motifs is 2. The van der Waals surface area contributed by atoms with Gasteiger partial charge < -0.3 is 4.98 Å². The summed E-state index contributed by atoms with van der Waals surface area (Å²) in [6.45, 7) is 1.82.